The van der Waals surface area contributed by atoms with E-state index in [1.807, 2.05) is 140 Å². The molecule has 0 amide bonds. The van der Waals surface area contributed by atoms with Crippen LogP contribution in [0, 0.1) is 13.8 Å². The number of nitrogens with one attached hydrogen (secondary N) is 1. The monoisotopic (exact) mass is 728 g/mol. The number of aryl methyl sites for hydroxylation is 2. The second-order valence-corrected chi connectivity index (χ2v) is 13.8. The van der Waals surface area contributed by atoms with Crippen molar-refractivity contribution in [2.45, 2.75) is 24.3 Å². The molecule has 7 aromatic carbocycles. The molecule has 54 heavy (non-hydrogen) atoms. The van der Waals surface area contributed by atoms with Gasteiger partial charge in [-0.25, -0.2) is 0 Å². The van der Waals surface area contributed by atoms with Gasteiger partial charge in [-0.1, -0.05) is 109 Å². The van der Waals surface area contributed by atoms with E-state index in [9.17, 15) is 10.2 Å². The first-order valence-corrected chi connectivity index (χ1v) is 18.3. The Balaban J connectivity index is 0.000000579. The molecular formula is C47H40N2O4S. The van der Waals surface area contributed by atoms with Crippen LogP contribution in [0.2, 0.25) is 0 Å². The lowest BCUT2D eigenvalue weighted by Crippen LogP contribution is -2.42. The lowest BCUT2D eigenvalue weighted by atomic mass is 9.74. The number of hydrogen-bond donors (Lipinski definition) is 3. The second-order valence-electron chi connectivity index (χ2n) is 12.8. The first-order valence-electron chi connectivity index (χ1n) is 17.6. The van der Waals surface area contributed by atoms with Gasteiger partial charge in [-0.05, 0) is 110 Å². The summed E-state index contributed by atoms with van der Waals surface area (Å²) in [5.74, 6) is 2.45. The van der Waals surface area contributed by atoms with E-state index in [1.54, 1.807) is 30.1 Å². The van der Waals surface area contributed by atoms with Crippen LogP contribution >= 0.6 is 11.9 Å². The number of aromatic hydroxyl groups is 2. The number of para-hydroxylation sites is 4. The molecule has 0 spiro atoms. The zero-order valence-electron chi connectivity index (χ0n) is 30.0. The number of nitrogens with zero attached hydrogens (tertiary/aromatic N) is 1. The van der Waals surface area contributed by atoms with E-state index in [0.29, 0.717) is 28.7 Å². The van der Waals surface area contributed by atoms with E-state index >= 15 is 0 Å². The van der Waals surface area contributed by atoms with Crippen LogP contribution in [-0.2, 0) is 5.54 Å². The van der Waals surface area contributed by atoms with Crippen LogP contribution in [0.15, 0.2) is 193 Å². The highest BCUT2D eigenvalue weighted by Gasteiger charge is 2.52. The summed E-state index contributed by atoms with van der Waals surface area (Å²) in [6.07, 6.45) is 0. The quantitative estimate of drug-likeness (QED) is 0.101. The number of ether oxygens (including phenoxy) is 2. The maximum Gasteiger partial charge on any atom is 0.190 e. The van der Waals surface area contributed by atoms with Crippen LogP contribution in [0.3, 0.4) is 0 Å². The predicted molar refractivity (Wildman–Crippen MR) is 220 cm³/mol. The molecule has 1 unspecified atom stereocenters. The minimum atomic E-state index is -1.03. The molecule has 1 heterocycles. The fourth-order valence-electron chi connectivity index (χ4n) is 6.66. The Labute approximate surface area is 320 Å². The van der Waals surface area contributed by atoms with Crippen molar-refractivity contribution in [3.63, 3.8) is 0 Å². The summed E-state index contributed by atoms with van der Waals surface area (Å²) < 4.78 is 14.3. The number of phenolic OH excluding ortho intramolecular Hbond substituents is 2. The van der Waals surface area contributed by atoms with Gasteiger partial charge in [0.1, 0.15) is 34.3 Å². The summed E-state index contributed by atoms with van der Waals surface area (Å²) in [5, 5.41) is 25.8. The number of benzene rings is 7. The summed E-state index contributed by atoms with van der Waals surface area (Å²) in [7, 11) is 0. The van der Waals surface area contributed by atoms with Gasteiger partial charge in [-0.2, -0.15) is 0 Å². The molecular weight excluding hydrogens is 689 g/mol. The fraction of sp³-hybridized carbons (Fsp3) is 0.0638. The van der Waals surface area contributed by atoms with Gasteiger partial charge < -0.3 is 25.0 Å². The van der Waals surface area contributed by atoms with E-state index in [0.717, 1.165) is 33.0 Å². The van der Waals surface area contributed by atoms with Gasteiger partial charge in [0.15, 0.2) is 5.88 Å². The Hall–Kier alpha value is -6.57. The van der Waals surface area contributed by atoms with Gasteiger partial charge >= 0.3 is 0 Å². The SMILES string of the molecule is C=C(Nc1ccccc1N1Sc2ccccc2C1(c1ccc(O)cc1C)c1ccc(Oc2ccccc2)cc1O)Oc1ccccc1.Cc1ccccc1. The van der Waals surface area contributed by atoms with Crippen molar-refractivity contribution in [1.82, 2.24) is 0 Å². The van der Waals surface area contributed by atoms with Crippen molar-refractivity contribution in [3.05, 3.63) is 216 Å². The Morgan fingerprint density at radius 2 is 1.22 bits per heavy atom. The smallest absolute Gasteiger partial charge is 0.190 e. The summed E-state index contributed by atoms with van der Waals surface area (Å²) >= 11 is 1.58. The molecule has 0 aliphatic carbocycles. The summed E-state index contributed by atoms with van der Waals surface area (Å²) in [6.45, 7) is 8.21. The molecule has 268 valence electrons. The highest BCUT2D eigenvalue weighted by Crippen LogP contribution is 2.60. The van der Waals surface area contributed by atoms with Gasteiger partial charge in [-0.15, -0.1) is 0 Å². The van der Waals surface area contributed by atoms with E-state index in [2.05, 4.69) is 47.4 Å². The largest absolute Gasteiger partial charge is 0.508 e. The molecule has 0 radical (unpaired) electrons. The Morgan fingerprint density at radius 3 is 1.89 bits per heavy atom. The van der Waals surface area contributed by atoms with Gasteiger partial charge in [0.05, 0.1) is 11.4 Å². The van der Waals surface area contributed by atoms with Crippen LogP contribution in [0.25, 0.3) is 0 Å². The Morgan fingerprint density at radius 1 is 0.611 bits per heavy atom. The molecule has 0 bridgehead atoms. The zero-order valence-corrected chi connectivity index (χ0v) is 30.8. The first-order chi connectivity index (χ1) is 26.3. The molecule has 0 saturated heterocycles. The molecule has 1 atom stereocenters. The third-order valence-electron chi connectivity index (χ3n) is 9.03. The zero-order chi connectivity index (χ0) is 37.5. The average molecular weight is 729 g/mol. The third kappa shape index (κ3) is 7.49. The molecule has 7 aromatic rings. The second kappa shape index (κ2) is 16.0. The van der Waals surface area contributed by atoms with Crippen molar-refractivity contribution in [3.8, 4) is 28.7 Å². The number of rotatable bonds is 9. The van der Waals surface area contributed by atoms with Crippen LogP contribution in [-0.4, -0.2) is 10.2 Å². The van der Waals surface area contributed by atoms with Crippen molar-refractivity contribution < 1.29 is 19.7 Å². The number of anilines is 2. The molecule has 3 N–H and O–H groups in total. The number of phenols is 2. The molecule has 0 fully saturated rings. The molecule has 1 aliphatic heterocycles. The lowest BCUT2D eigenvalue weighted by molar-refractivity contribution is 0.435. The maximum atomic E-state index is 12.0. The topological polar surface area (TPSA) is 74.2 Å². The lowest BCUT2D eigenvalue weighted by Gasteiger charge is -2.42. The first kappa shape index (κ1) is 35.8. The summed E-state index contributed by atoms with van der Waals surface area (Å²) in [6, 6.07) is 56.2. The molecule has 0 saturated carbocycles. The van der Waals surface area contributed by atoms with Crippen molar-refractivity contribution >= 4 is 23.3 Å². The van der Waals surface area contributed by atoms with Crippen molar-refractivity contribution in [2.24, 2.45) is 0 Å². The van der Waals surface area contributed by atoms with Crippen LogP contribution < -0.4 is 19.1 Å². The number of fused-ring (bicyclic) bond motifs is 1. The molecule has 1 aliphatic rings. The van der Waals surface area contributed by atoms with E-state index < -0.39 is 5.54 Å². The normalized spacial score (nSPS) is 14.3. The standard InChI is InChI=1S/C40H32N2O4S.C7H8/c1-27-25-29(43)21-23-33(27)40(34-24-22-32(26-38(34)44)46-31-15-7-4-8-16-31)35-17-9-12-20-39(35)47-42(40)37-19-11-10-18-36(37)41-28(2)45-30-13-5-3-6-14-30;1-7-5-3-2-4-6-7/h3-26,41,43-44H,2H2,1H3;2-6H,1H3. The molecule has 7 heteroatoms. The molecule has 8 rings (SSSR count). The van der Waals surface area contributed by atoms with Crippen molar-refractivity contribution in [2.75, 3.05) is 9.62 Å². The third-order valence-corrected chi connectivity index (χ3v) is 10.2. The highest BCUT2D eigenvalue weighted by atomic mass is 32.2. The fourth-order valence-corrected chi connectivity index (χ4v) is 8.00. The minimum absolute atomic E-state index is 0.0653. The minimum Gasteiger partial charge on any atom is -0.508 e. The van der Waals surface area contributed by atoms with Gasteiger partial charge in [0.2, 0.25) is 0 Å². The van der Waals surface area contributed by atoms with Gasteiger partial charge in [0, 0.05) is 22.1 Å². The highest BCUT2D eigenvalue weighted by molar-refractivity contribution is 8.01. The molecule has 0 aromatic heterocycles. The van der Waals surface area contributed by atoms with E-state index in [1.165, 1.54) is 5.56 Å². The van der Waals surface area contributed by atoms with E-state index in [4.69, 9.17) is 9.47 Å². The molecule has 6 nitrogen and oxygen atoms in total. The van der Waals surface area contributed by atoms with E-state index in [-0.39, 0.29) is 11.5 Å². The van der Waals surface area contributed by atoms with Crippen molar-refractivity contribution in [1.29, 1.82) is 0 Å². The Bertz CT molecular complexity index is 2370. The average Bonchev–Trinajstić information content (AvgIpc) is 3.51. The maximum absolute atomic E-state index is 12.0. The van der Waals surface area contributed by atoms with Gasteiger partial charge in [-0.3, -0.25) is 4.31 Å². The van der Waals surface area contributed by atoms with Crippen LogP contribution in [0.5, 0.6) is 28.7 Å². The predicted octanol–water partition coefficient (Wildman–Crippen LogP) is 12.0. The Kier molecular flexibility index (Phi) is 10.6. The van der Waals surface area contributed by atoms with Crippen LogP contribution in [0.1, 0.15) is 27.8 Å². The van der Waals surface area contributed by atoms with Gasteiger partial charge in [0.25, 0.3) is 0 Å². The van der Waals surface area contributed by atoms with Crippen LogP contribution in [0.4, 0.5) is 11.4 Å². The number of hydrogen-bond acceptors (Lipinski definition) is 7. The summed E-state index contributed by atoms with van der Waals surface area (Å²) in [5.41, 5.74) is 5.28. The summed E-state index contributed by atoms with van der Waals surface area (Å²) in [4.78, 5) is 1.03.